The lowest BCUT2D eigenvalue weighted by Crippen LogP contribution is -2.38. The molecule has 1 aromatic heterocycles. The van der Waals surface area contributed by atoms with Crippen molar-refractivity contribution in [3.8, 4) is 0 Å². The summed E-state index contributed by atoms with van der Waals surface area (Å²) in [5.41, 5.74) is 0.372. The van der Waals surface area contributed by atoms with E-state index in [2.05, 4.69) is 10.1 Å². The molecule has 0 aromatic carbocycles. The number of hydrogen-bond acceptors (Lipinski definition) is 4. The third-order valence-corrected chi connectivity index (χ3v) is 2.74. The number of hydrogen-bond donors (Lipinski definition) is 2. The van der Waals surface area contributed by atoms with E-state index in [0.29, 0.717) is 10.7 Å². The summed E-state index contributed by atoms with van der Waals surface area (Å²) in [6.45, 7) is 3.61. The number of aliphatic hydroxyl groups excluding tert-OH is 1. The summed E-state index contributed by atoms with van der Waals surface area (Å²) < 4.78 is 6.06. The Kier molecular flexibility index (Phi) is 5.38. The minimum absolute atomic E-state index is 0.0683. The molecule has 1 heterocycles. The molecule has 2 N–H and O–H groups in total. The van der Waals surface area contributed by atoms with Gasteiger partial charge in [-0.15, -0.1) is 0 Å². The molecule has 0 saturated carbocycles. The van der Waals surface area contributed by atoms with Gasteiger partial charge in [-0.25, -0.2) is 4.79 Å². The van der Waals surface area contributed by atoms with Crippen LogP contribution in [-0.4, -0.2) is 41.3 Å². The van der Waals surface area contributed by atoms with Crippen molar-refractivity contribution in [2.75, 3.05) is 13.7 Å². The first kappa shape index (κ1) is 15.5. The summed E-state index contributed by atoms with van der Waals surface area (Å²) in [6, 6.07) is 1.60. The van der Waals surface area contributed by atoms with Gasteiger partial charge in [-0.3, -0.25) is 4.79 Å². The molecule has 1 unspecified atom stereocenters. The van der Waals surface area contributed by atoms with Crippen molar-refractivity contribution < 1.29 is 19.4 Å². The number of nitrogens with zero attached hydrogens (tertiary/aromatic N) is 1. The largest absolute Gasteiger partial charge is 0.467 e. The molecule has 106 valence electrons. The first-order valence-electron chi connectivity index (χ1n) is 5.78. The van der Waals surface area contributed by atoms with E-state index in [1.54, 1.807) is 10.8 Å². The number of aliphatic hydroxyl groups is 1. The monoisotopic (exact) mass is 288 g/mol. The second kappa shape index (κ2) is 6.58. The highest BCUT2D eigenvalue weighted by atomic mass is 35.5. The van der Waals surface area contributed by atoms with Crippen molar-refractivity contribution in [1.29, 1.82) is 0 Å². The summed E-state index contributed by atoms with van der Waals surface area (Å²) in [6.07, 6.45) is 0.268. The Labute approximate surface area is 116 Å². The lowest BCUT2D eigenvalue weighted by atomic mass is 10.3. The smallest absolute Gasteiger partial charge is 0.336 e. The second-order valence-electron chi connectivity index (χ2n) is 4.29. The summed E-state index contributed by atoms with van der Waals surface area (Å²) in [5, 5.41) is 12.3. The fourth-order valence-corrected chi connectivity index (χ4v) is 1.76. The van der Waals surface area contributed by atoms with Crippen LogP contribution in [0, 0.1) is 0 Å². The predicted molar refractivity (Wildman–Crippen MR) is 70.2 cm³/mol. The van der Waals surface area contributed by atoms with E-state index in [-0.39, 0.29) is 12.6 Å². The van der Waals surface area contributed by atoms with E-state index in [9.17, 15) is 14.7 Å². The van der Waals surface area contributed by atoms with Gasteiger partial charge >= 0.3 is 5.97 Å². The van der Waals surface area contributed by atoms with Crippen molar-refractivity contribution in [3.63, 3.8) is 0 Å². The predicted octanol–water partition coefficient (Wildman–Crippen LogP) is 0.986. The molecule has 1 amide bonds. The summed E-state index contributed by atoms with van der Waals surface area (Å²) in [4.78, 5) is 22.9. The van der Waals surface area contributed by atoms with Crippen LogP contribution in [0.25, 0.3) is 0 Å². The molecule has 7 heteroatoms. The van der Waals surface area contributed by atoms with Crippen LogP contribution in [-0.2, 0) is 9.53 Å². The minimum atomic E-state index is -1.38. The Balaban J connectivity index is 2.71. The average Bonchev–Trinajstić information content (AvgIpc) is 2.76. The lowest BCUT2D eigenvalue weighted by Gasteiger charge is -2.13. The van der Waals surface area contributed by atoms with Gasteiger partial charge in [0.15, 0.2) is 6.10 Å². The summed E-state index contributed by atoms with van der Waals surface area (Å²) in [5.74, 6) is -1.21. The first-order chi connectivity index (χ1) is 8.86. The van der Waals surface area contributed by atoms with E-state index >= 15 is 0 Å². The third kappa shape index (κ3) is 3.97. The molecule has 0 radical (unpaired) electrons. The first-order valence-corrected chi connectivity index (χ1v) is 6.16. The van der Waals surface area contributed by atoms with Gasteiger partial charge in [-0.1, -0.05) is 11.6 Å². The zero-order valence-corrected chi connectivity index (χ0v) is 11.8. The normalized spacial score (nSPS) is 12.3. The van der Waals surface area contributed by atoms with Crippen molar-refractivity contribution in [1.82, 2.24) is 9.88 Å². The number of amides is 1. The van der Waals surface area contributed by atoms with Gasteiger partial charge in [0, 0.05) is 12.2 Å². The SMILES string of the molecule is COC(=O)C(O)CNC(=O)c1cc(Cl)cn1C(C)C. The molecule has 0 spiro atoms. The van der Waals surface area contributed by atoms with Gasteiger partial charge in [-0.2, -0.15) is 0 Å². The Morgan fingerprint density at radius 1 is 1.53 bits per heavy atom. The van der Waals surface area contributed by atoms with Crippen LogP contribution in [0.4, 0.5) is 0 Å². The van der Waals surface area contributed by atoms with Crippen LogP contribution in [0.3, 0.4) is 0 Å². The van der Waals surface area contributed by atoms with Crippen LogP contribution in [0.2, 0.25) is 5.02 Å². The highest BCUT2D eigenvalue weighted by Gasteiger charge is 2.19. The van der Waals surface area contributed by atoms with Gasteiger partial charge in [0.1, 0.15) is 5.69 Å². The molecule has 0 bridgehead atoms. The molecule has 0 saturated heterocycles. The zero-order chi connectivity index (χ0) is 14.6. The van der Waals surface area contributed by atoms with E-state index in [1.807, 2.05) is 13.8 Å². The number of carbonyl (C=O) groups is 2. The fourth-order valence-electron chi connectivity index (χ4n) is 1.55. The Hall–Kier alpha value is -1.53. The maximum absolute atomic E-state index is 11.9. The summed E-state index contributed by atoms with van der Waals surface area (Å²) in [7, 11) is 1.16. The molecule has 1 aromatic rings. The topological polar surface area (TPSA) is 80.6 Å². The van der Waals surface area contributed by atoms with Crippen molar-refractivity contribution in [2.24, 2.45) is 0 Å². The molecule has 6 nitrogen and oxygen atoms in total. The number of ether oxygens (including phenoxy) is 1. The van der Waals surface area contributed by atoms with E-state index < -0.39 is 18.0 Å². The van der Waals surface area contributed by atoms with Crippen LogP contribution >= 0.6 is 11.6 Å². The Bertz CT molecular complexity index is 470. The molecule has 19 heavy (non-hydrogen) atoms. The van der Waals surface area contributed by atoms with Gasteiger partial charge in [0.05, 0.1) is 18.7 Å². The van der Waals surface area contributed by atoms with E-state index in [1.165, 1.54) is 6.07 Å². The van der Waals surface area contributed by atoms with Gasteiger partial charge < -0.3 is 19.7 Å². The molecule has 1 atom stereocenters. The highest BCUT2D eigenvalue weighted by Crippen LogP contribution is 2.18. The fraction of sp³-hybridized carbons (Fsp3) is 0.500. The molecule has 0 aliphatic carbocycles. The lowest BCUT2D eigenvalue weighted by molar-refractivity contribution is -0.149. The molecular formula is C12H17ClN2O4. The molecule has 0 aliphatic heterocycles. The minimum Gasteiger partial charge on any atom is -0.467 e. The molecule has 0 aliphatic rings. The number of esters is 1. The average molecular weight is 289 g/mol. The number of nitrogens with one attached hydrogen (secondary N) is 1. The van der Waals surface area contributed by atoms with Crippen LogP contribution in [0.15, 0.2) is 12.3 Å². The van der Waals surface area contributed by atoms with Gasteiger partial charge in [0.25, 0.3) is 5.91 Å². The van der Waals surface area contributed by atoms with E-state index in [4.69, 9.17) is 11.6 Å². The zero-order valence-electron chi connectivity index (χ0n) is 11.0. The quantitative estimate of drug-likeness (QED) is 0.792. The van der Waals surface area contributed by atoms with Crippen LogP contribution in [0.5, 0.6) is 0 Å². The van der Waals surface area contributed by atoms with Crippen molar-refractivity contribution >= 4 is 23.5 Å². The Morgan fingerprint density at radius 3 is 2.68 bits per heavy atom. The molecule has 1 rings (SSSR count). The van der Waals surface area contributed by atoms with Crippen LogP contribution < -0.4 is 5.32 Å². The Morgan fingerprint density at radius 2 is 2.16 bits per heavy atom. The number of carbonyl (C=O) groups excluding carboxylic acids is 2. The van der Waals surface area contributed by atoms with Gasteiger partial charge in [-0.05, 0) is 19.9 Å². The summed E-state index contributed by atoms with van der Waals surface area (Å²) >= 11 is 5.86. The number of aromatic nitrogens is 1. The molecular weight excluding hydrogens is 272 g/mol. The van der Waals surface area contributed by atoms with Crippen LogP contribution in [0.1, 0.15) is 30.4 Å². The third-order valence-electron chi connectivity index (χ3n) is 2.53. The number of halogens is 1. The standard InChI is InChI=1S/C12H17ClN2O4/c1-7(2)15-6-8(13)4-9(15)11(17)14-5-10(16)12(18)19-3/h4,6-7,10,16H,5H2,1-3H3,(H,14,17). The van der Waals surface area contributed by atoms with Crippen molar-refractivity contribution in [2.45, 2.75) is 26.0 Å². The highest BCUT2D eigenvalue weighted by molar-refractivity contribution is 6.31. The van der Waals surface area contributed by atoms with E-state index in [0.717, 1.165) is 7.11 Å². The maximum Gasteiger partial charge on any atom is 0.336 e. The van der Waals surface area contributed by atoms with Crippen molar-refractivity contribution in [3.05, 3.63) is 23.0 Å². The maximum atomic E-state index is 11.9. The second-order valence-corrected chi connectivity index (χ2v) is 4.73. The van der Waals surface area contributed by atoms with Gasteiger partial charge in [0.2, 0.25) is 0 Å². The number of rotatable bonds is 5. The molecule has 0 fully saturated rings. The number of methoxy groups -OCH3 is 1.